The van der Waals surface area contributed by atoms with Crippen molar-refractivity contribution in [2.75, 3.05) is 39.3 Å². The first kappa shape index (κ1) is 21.4. The molecule has 4 heterocycles. The number of nitrogens with zero attached hydrogens (tertiary/aromatic N) is 3. The molecule has 7 heteroatoms. The van der Waals surface area contributed by atoms with Crippen molar-refractivity contribution in [2.24, 2.45) is 0 Å². The van der Waals surface area contributed by atoms with E-state index in [-0.39, 0.29) is 12.0 Å². The molecule has 1 aromatic carbocycles. The molecule has 0 saturated carbocycles. The normalized spacial score (nSPS) is 20.5. The summed E-state index contributed by atoms with van der Waals surface area (Å²) in [6.07, 6.45) is 3.27. The molecular weight excluding hydrogens is 404 g/mol. The van der Waals surface area contributed by atoms with Crippen LogP contribution in [0.5, 0.6) is 5.88 Å². The number of ether oxygens (including phenoxy) is 1. The minimum Gasteiger partial charge on any atom is -0.474 e. The van der Waals surface area contributed by atoms with Gasteiger partial charge in [-0.25, -0.2) is 4.98 Å². The van der Waals surface area contributed by atoms with Crippen LogP contribution in [0.2, 0.25) is 0 Å². The largest absolute Gasteiger partial charge is 0.474 e. The molecule has 7 nitrogen and oxygen atoms in total. The van der Waals surface area contributed by atoms with Crippen LogP contribution in [0.4, 0.5) is 0 Å². The summed E-state index contributed by atoms with van der Waals surface area (Å²) in [7, 11) is 0. The minimum atomic E-state index is -0.568. The van der Waals surface area contributed by atoms with E-state index < -0.39 is 6.10 Å². The fourth-order valence-electron chi connectivity index (χ4n) is 5.02. The van der Waals surface area contributed by atoms with Gasteiger partial charge in [-0.15, -0.1) is 0 Å². The van der Waals surface area contributed by atoms with E-state index in [1.165, 1.54) is 11.1 Å². The van der Waals surface area contributed by atoms with E-state index in [4.69, 9.17) is 4.74 Å². The fourth-order valence-corrected chi connectivity index (χ4v) is 5.02. The van der Waals surface area contributed by atoms with E-state index in [1.54, 1.807) is 4.90 Å². The Morgan fingerprint density at radius 2 is 1.88 bits per heavy atom. The summed E-state index contributed by atoms with van der Waals surface area (Å²) in [6.45, 7) is 5.23. The lowest BCUT2D eigenvalue weighted by molar-refractivity contribution is 0.0490. The molecule has 170 valence electrons. The zero-order chi connectivity index (χ0) is 21.9. The molecule has 2 aromatic rings. The number of aliphatic hydroxyl groups is 1. The number of carbonyl (C=O) groups is 1. The second kappa shape index (κ2) is 9.57. The number of hydrogen-bond acceptors (Lipinski definition) is 6. The second-order valence-corrected chi connectivity index (χ2v) is 9.12. The minimum absolute atomic E-state index is 0.0461. The molecule has 0 spiro atoms. The Kier molecular flexibility index (Phi) is 6.39. The average Bonchev–Trinajstić information content (AvgIpc) is 2.81. The van der Waals surface area contributed by atoms with E-state index in [0.717, 1.165) is 51.1 Å². The molecule has 1 saturated heterocycles. The van der Waals surface area contributed by atoms with Crippen molar-refractivity contribution in [1.82, 2.24) is 20.1 Å². The van der Waals surface area contributed by atoms with Crippen LogP contribution in [-0.2, 0) is 19.4 Å². The Hall–Kier alpha value is -2.48. The zero-order valence-corrected chi connectivity index (χ0v) is 18.5. The van der Waals surface area contributed by atoms with Crippen LogP contribution in [0, 0.1) is 0 Å². The highest BCUT2D eigenvalue weighted by atomic mass is 16.5. The number of piperidine rings is 1. The van der Waals surface area contributed by atoms with Gasteiger partial charge in [-0.1, -0.05) is 24.3 Å². The van der Waals surface area contributed by atoms with E-state index in [1.807, 2.05) is 12.1 Å². The molecule has 1 fully saturated rings. The van der Waals surface area contributed by atoms with Gasteiger partial charge in [0.1, 0.15) is 6.10 Å². The van der Waals surface area contributed by atoms with Gasteiger partial charge in [0.05, 0.1) is 17.4 Å². The van der Waals surface area contributed by atoms with Crippen molar-refractivity contribution >= 4 is 5.91 Å². The van der Waals surface area contributed by atoms with Crippen molar-refractivity contribution in [3.05, 3.63) is 58.8 Å². The fraction of sp³-hybridized carbons (Fsp3) is 0.520. The third-order valence-electron chi connectivity index (χ3n) is 6.77. The molecule has 5 rings (SSSR count). The monoisotopic (exact) mass is 436 g/mol. The van der Waals surface area contributed by atoms with Crippen molar-refractivity contribution < 1.29 is 14.6 Å². The van der Waals surface area contributed by atoms with Gasteiger partial charge in [-0.2, -0.15) is 0 Å². The molecule has 0 aliphatic carbocycles. The Bertz CT molecular complexity index is 960. The van der Waals surface area contributed by atoms with Gasteiger partial charge in [0.2, 0.25) is 5.88 Å². The van der Waals surface area contributed by atoms with Gasteiger partial charge in [0, 0.05) is 45.2 Å². The second-order valence-electron chi connectivity index (χ2n) is 9.12. The first-order valence-electron chi connectivity index (χ1n) is 11.8. The Morgan fingerprint density at radius 1 is 1.06 bits per heavy atom. The Labute approximate surface area is 189 Å². The van der Waals surface area contributed by atoms with E-state index >= 15 is 0 Å². The summed E-state index contributed by atoms with van der Waals surface area (Å²) >= 11 is 0. The van der Waals surface area contributed by atoms with Crippen LogP contribution in [0.25, 0.3) is 0 Å². The number of aliphatic hydroxyl groups excluding tert-OH is 1. The smallest absolute Gasteiger partial charge is 0.255 e. The summed E-state index contributed by atoms with van der Waals surface area (Å²) in [5.74, 6) is 0.567. The van der Waals surface area contributed by atoms with Crippen LogP contribution in [0.1, 0.15) is 40.0 Å². The standard InChI is InChI=1S/C25H32N4O3/c30-20(16-28-13-9-18-3-1-2-4-19(18)15-28)17-29-14-10-23-22(25(29)31)5-6-24(27-23)32-21-7-11-26-12-8-21/h1-6,20-21,26,30H,7-17H2. The van der Waals surface area contributed by atoms with Crippen LogP contribution in [0.3, 0.4) is 0 Å². The first-order valence-corrected chi connectivity index (χ1v) is 11.8. The number of hydrogen-bond donors (Lipinski definition) is 2. The molecule has 1 amide bonds. The highest BCUT2D eigenvalue weighted by Crippen LogP contribution is 2.23. The predicted molar refractivity (Wildman–Crippen MR) is 122 cm³/mol. The third kappa shape index (κ3) is 4.80. The SMILES string of the molecule is O=C1c2ccc(OC3CCNCC3)nc2CCN1CC(O)CN1CCc2ccccc2C1. The van der Waals surface area contributed by atoms with Crippen LogP contribution in [-0.4, -0.2) is 77.3 Å². The van der Waals surface area contributed by atoms with Gasteiger partial charge in [0.15, 0.2) is 0 Å². The Balaban J connectivity index is 1.16. The number of fused-ring (bicyclic) bond motifs is 2. The number of nitrogens with one attached hydrogen (secondary N) is 1. The maximum absolute atomic E-state index is 13.0. The molecule has 2 N–H and O–H groups in total. The lowest BCUT2D eigenvalue weighted by Crippen LogP contribution is -2.46. The molecule has 0 bridgehead atoms. The molecule has 1 atom stereocenters. The number of β-amino-alcohol motifs (C(OH)–C–C–N with tert-alkyl or cyclic N) is 1. The van der Waals surface area contributed by atoms with Gasteiger partial charge in [-0.3, -0.25) is 9.69 Å². The summed E-state index contributed by atoms with van der Waals surface area (Å²) in [4.78, 5) is 21.7. The zero-order valence-electron chi connectivity index (χ0n) is 18.5. The van der Waals surface area contributed by atoms with Gasteiger partial charge in [0.25, 0.3) is 5.91 Å². The lowest BCUT2D eigenvalue weighted by atomic mass is 9.99. The number of aromatic nitrogens is 1. The van der Waals surface area contributed by atoms with Crippen molar-refractivity contribution in [1.29, 1.82) is 0 Å². The Morgan fingerprint density at radius 3 is 2.72 bits per heavy atom. The lowest BCUT2D eigenvalue weighted by Gasteiger charge is -2.33. The number of benzene rings is 1. The molecule has 3 aliphatic rings. The molecule has 32 heavy (non-hydrogen) atoms. The van der Waals surface area contributed by atoms with Gasteiger partial charge in [-0.05, 0) is 49.5 Å². The van der Waals surface area contributed by atoms with E-state index in [0.29, 0.717) is 37.5 Å². The summed E-state index contributed by atoms with van der Waals surface area (Å²) < 4.78 is 6.04. The molecule has 0 radical (unpaired) electrons. The summed E-state index contributed by atoms with van der Waals surface area (Å²) in [5.41, 5.74) is 4.17. The number of rotatable bonds is 6. The van der Waals surface area contributed by atoms with E-state index in [2.05, 4.69) is 39.5 Å². The van der Waals surface area contributed by atoms with Crippen molar-refractivity contribution in [2.45, 2.75) is 44.4 Å². The van der Waals surface area contributed by atoms with Gasteiger partial charge < -0.3 is 20.1 Å². The van der Waals surface area contributed by atoms with Gasteiger partial charge >= 0.3 is 0 Å². The number of carbonyl (C=O) groups excluding carboxylic acids is 1. The molecule has 1 unspecified atom stereocenters. The van der Waals surface area contributed by atoms with Crippen LogP contribution < -0.4 is 10.1 Å². The van der Waals surface area contributed by atoms with Crippen molar-refractivity contribution in [3.63, 3.8) is 0 Å². The molecule has 3 aliphatic heterocycles. The summed E-state index contributed by atoms with van der Waals surface area (Å²) in [5, 5.41) is 14.1. The number of pyridine rings is 1. The molecular formula is C25H32N4O3. The maximum Gasteiger partial charge on any atom is 0.255 e. The quantitative estimate of drug-likeness (QED) is 0.717. The first-order chi connectivity index (χ1) is 15.7. The predicted octanol–water partition coefficient (Wildman–Crippen LogP) is 1.63. The van der Waals surface area contributed by atoms with Crippen LogP contribution in [0.15, 0.2) is 36.4 Å². The van der Waals surface area contributed by atoms with Crippen molar-refractivity contribution in [3.8, 4) is 5.88 Å². The highest BCUT2D eigenvalue weighted by molar-refractivity contribution is 5.96. The highest BCUT2D eigenvalue weighted by Gasteiger charge is 2.28. The van der Waals surface area contributed by atoms with Crippen LogP contribution >= 0.6 is 0 Å². The molecule has 1 aromatic heterocycles. The maximum atomic E-state index is 13.0. The average molecular weight is 437 g/mol. The van der Waals surface area contributed by atoms with E-state index in [9.17, 15) is 9.90 Å². The third-order valence-corrected chi connectivity index (χ3v) is 6.77. The number of amides is 1. The summed E-state index contributed by atoms with van der Waals surface area (Å²) in [6, 6.07) is 12.1. The topological polar surface area (TPSA) is 77.9 Å².